The standard InChI is InChI=1S/C14H11N5O/c20-14-8-12(18-17-11-4-2-1-3-5-11)6-7-13(14)19-9-15-16-10-19/h1-10,20H. The van der Waals surface area contributed by atoms with Gasteiger partial charge in [0.05, 0.1) is 17.1 Å². The van der Waals surface area contributed by atoms with Crippen LogP contribution in [0.4, 0.5) is 11.4 Å². The minimum absolute atomic E-state index is 0.0920. The van der Waals surface area contributed by atoms with E-state index < -0.39 is 0 Å². The number of hydrogen-bond acceptors (Lipinski definition) is 5. The number of rotatable bonds is 3. The Bertz CT molecular complexity index is 723. The molecule has 0 saturated heterocycles. The minimum Gasteiger partial charge on any atom is -0.506 e. The monoisotopic (exact) mass is 265 g/mol. The number of azo groups is 1. The fourth-order valence-electron chi connectivity index (χ4n) is 1.73. The molecule has 3 rings (SSSR count). The predicted molar refractivity (Wildman–Crippen MR) is 73.6 cm³/mol. The van der Waals surface area contributed by atoms with E-state index in [2.05, 4.69) is 20.4 Å². The van der Waals surface area contributed by atoms with Gasteiger partial charge in [-0.2, -0.15) is 10.2 Å². The van der Waals surface area contributed by atoms with E-state index in [1.807, 2.05) is 30.3 Å². The molecule has 0 radical (unpaired) electrons. The van der Waals surface area contributed by atoms with E-state index in [1.54, 1.807) is 22.8 Å². The Morgan fingerprint density at radius 2 is 1.55 bits per heavy atom. The van der Waals surface area contributed by atoms with Crippen LogP contribution < -0.4 is 0 Å². The lowest BCUT2D eigenvalue weighted by Crippen LogP contribution is -1.89. The van der Waals surface area contributed by atoms with Gasteiger partial charge in [0.15, 0.2) is 0 Å². The summed E-state index contributed by atoms with van der Waals surface area (Å²) in [6.45, 7) is 0. The highest BCUT2D eigenvalue weighted by Crippen LogP contribution is 2.27. The van der Waals surface area contributed by atoms with Crippen molar-refractivity contribution >= 4 is 11.4 Å². The zero-order valence-corrected chi connectivity index (χ0v) is 10.5. The summed E-state index contributed by atoms with van der Waals surface area (Å²) in [4.78, 5) is 0. The molecule has 0 spiro atoms. The normalized spacial score (nSPS) is 11.0. The van der Waals surface area contributed by atoms with Crippen molar-refractivity contribution in [1.82, 2.24) is 14.8 Å². The van der Waals surface area contributed by atoms with Gasteiger partial charge in [0, 0.05) is 6.07 Å². The lowest BCUT2D eigenvalue weighted by molar-refractivity contribution is 0.472. The van der Waals surface area contributed by atoms with Gasteiger partial charge >= 0.3 is 0 Å². The number of nitrogens with zero attached hydrogens (tertiary/aromatic N) is 5. The van der Waals surface area contributed by atoms with Gasteiger partial charge in [-0.25, -0.2) is 0 Å². The first kappa shape index (κ1) is 12.0. The molecule has 0 fully saturated rings. The second-order valence-electron chi connectivity index (χ2n) is 4.08. The maximum absolute atomic E-state index is 9.98. The Morgan fingerprint density at radius 3 is 2.25 bits per heavy atom. The predicted octanol–water partition coefficient (Wildman–Crippen LogP) is 3.39. The van der Waals surface area contributed by atoms with Crippen LogP contribution in [0.15, 0.2) is 71.4 Å². The number of aromatic hydroxyl groups is 1. The summed E-state index contributed by atoms with van der Waals surface area (Å²) in [5.74, 6) is 0.0920. The van der Waals surface area contributed by atoms with Crippen LogP contribution in [0, 0.1) is 0 Å². The average Bonchev–Trinajstić information content (AvgIpc) is 3.00. The molecule has 1 N–H and O–H groups in total. The molecule has 3 aromatic rings. The van der Waals surface area contributed by atoms with Gasteiger partial charge in [0.2, 0.25) is 0 Å². The van der Waals surface area contributed by atoms with E-state index >= 15 is 0 Å². The number of phenols is 1. The highest BCUT2D eigenvalue weighted by Gasteiger charge is 2.04. The van der Waals surface area contributed by atoms with Crippen molar-refractivity contribution in [3.05, 3.63) is 61.2 Å². The van der Waals surface area contributed by atoms with E-state index in [0.29, 0.717) is 11.4 Å². The van der Waals surface area contributed by atoms with Gasteiger partial charge in [-0.3, -0.25) is 4.57 Å². The summed E-state index contributed by atoms with van der Waals surface area (Å²) < 4.78 is 1.62. The van der Waals surface area contributed by atoms with Crippen LogP contribution in [-0.4, -0.2) is 19.9 Å². The largest absolute Gasteiger partial charge is 0.506 e. The maximum atomic E-state index is 9.98. The van der Waals surface area contributed by atoms with Crippen molar-refractivity contribution in [1.29, 1.82) is 0 Å². The smallest absolute Gasteiger partial charge is 0.141 e. The van der Waals surface area contributed by atoms with Crippen molar-refractivity contribution in [2.24, 2.45) is 10.2 Å². The lowest BCUT2D eigenvalue weighted by atomic mass is 10.2. The van der Waals surface area contributed by atoms with Crippen molar-refractivity contribution < 1.29 is 5.11 Å². The van der Waals surface area contributed by atoms with Crippen LogP contribution in [0.5, 0.6) is 5.75 Å². The quantitative estimate of drug-likeness (QED) is 0.737. The number of benzene rings is 2. The van der Waals surface area contributed by atoms with E-state index in [4.69, 9.17) is 0 Å². The topological polar surface area (TPSA) is 75.7 Å². The first-order valence-corrected chi connectivity index (χ1v) is 5.98. The summed E-state index contributed by atoms with van der Waals surface area (Å²) in [6, 6.07) is 14.5. The van der Waals surface area contributed by atoms with Gasteiger partial charge in [-0.15, -0.1) is 10.2 Å². The van der Waals surface area contributed by atoms with E-state index in [9.17, 15) is 5.11 Å². The highest BCUT2D eigenvalue weighted by molar-refractivity contribution is 5.54. The average molecular weight is 265 g/mol. The fraction of sp³-hybridized carbons (Fsp3) is 0. The summed E-state index contributed by atoms with van der Waals surface area (Å²) in [5, 5.41) is 25.6. The molecule has 0 aliphatic heterocycles. The van der Waals surface area contributed by atoms with Gasteiger partial charge in [0.25, 0.3) is 0 Å². The summed E-state index contributed by atoms with van der Waals surface area (Å²) >= 11 is 0. The second-order valence-corrected chi connectivity index (χ2v) is 4.08. The Labute approximate surface area is 115 Å². The molecule has 0 atom stereocenters. The summed E-state index contributed by atoms with van der Waals surface area (Å²) in [5.41, 5.74) is 1.92. The Kier molecular flexibility index (Phi) is 3.20. The van der Waals surface area contributed by atoms with Crippen molar-refractivity contribution in [3.63, 3.8) is 0 Å². The van der Waals surface area contributed by atoms with Crippen molar-refractivity contribution in [2.45, 2.75) is 0 Å². The van der Waals surface area contributed by atoms with Gasteiger partial charge < -0.3 is 5.11 Å². The molecule has 0 bridgehead atoms. The molecule has 6 heteroatoms. The number of hydrogen-bond donors (Lipinski definition) is 1. The second kappa shape index (κ2) is 5.31. The van der Waals surface area contributed by atoms with Crippen LogP contribution in [0.25, 0.3) is 5.69 Å². The molecule has 1 aromatic heterocycles. The van der Waals surface area contributed by atoms with Gasteiger partial charge in [-0.1, -0.05) is 18.2 Å². The van der Waals surface area contributed by atoms with Crippen molar-refractivity contribution in [3.8, 4) is 11.4 Å². The van der Waals surface area contributed by atoms with Crippen LogP contribution >= 0.6 is 0 Å². The lowest BCUT2D eigenvalue weighted by Gasteiger charge is -2.04. The molecular weight excluding hydrogens is 254 g/mol. The number of phenolic OH excluding ortho intramolecular Hbond substituents is 1. The molecule has 0 unspecified atom stereocenters. The molecule has 20 heavy (non-hydrogen) atoms. The van der Waals surface area contributed by atoms with Crippen LogP contribution in [0.2, 0.25) is 0 Å². The molecule has 2 aromatic carbocycles. The third-order valence-electron chi connectivity index (χ3n) is 2.69. The molecule has 6 nitrogen and oxygen atoms in total. The van der Waals surface area contributed by atoms with E-state index in [0.717, 1.165) is 5.69 Å². The summed E-state index contributed by atoms with van der Waals surface area (Å²) in [7, 11) is 0. The van der Waals surface area contributed by atoms with E-state index in [-0.39, 0.29) is 5.75 Å². The molecule has 0 amide bonds. The van der Waals surface area contributed by atoms with Crippen LogP contribution in [0.1, 0.15) is 0 Å². The Balaban J connectivity index is 1.86. The van der Waals surface area contributed by atoms with Crippen molar-refractivity contribution in [2.75, 3.05) is 0 Å². The molecule has 0 aliphatic rings. The van der Waals surface area contributed by atoms with Gasteiger partial charge in [-0.05, 0) is 24.3 Å². The van der Waals surface area contributed by atoms with Gasteiger partial charge in [0.1, 0.15) is 18.4 Å². The zero-order valence-electron chi connectivity index (χ0n) is 10.5. The first-order chi connectivity index (χ1) is 9.83. The fourth-order valence-corrected chi connectivity index (χ4v) is 1.73. The van der Waals surface area contributed by atoms with Crippen LogP contribution in [0.3, 0.4) is 0 Å². The Hall–Kier alpha value is -3.02. The molecule has 0 aliphatic carbocycles. The maximum Gasteiger partial charge on any atom is 0.141 e. The minimum atomic E-state index is 0.0920. The Morgan fingerprint density at radius 1 is 0.850 bits per heavy atom. The third kappa shape index (κ3) is 2.54. The first-order valence-electron chi connectivity index (χ1n) is 5.98. The zero-order chi connectivity index (χ0) is 13.8. The molecule has 98 valence electrons. The summed E-state index contributed by atoms with van der Waals surface area (Å²) in [6.07, 6.45) is 3.03. The highest BCUT2D eigenvalue weighted by atomic mass is 16.3. The third-order valence-corrected chi connectivity index (χ3v) is 2.69. The van der Waals surface area contributed by atoms with Crippen LogP contribution in [-0.2, 0) is 0 Å². The number of aromatic nitrogens is 3. The molecule has 1 heterocycles. The SMILES string of the molecule is Oc1cc(N=Nc2ccccc2)ccc1-n1cnnc1. The van der Waals surface area contributed by atoms with E-state index in [1.165, 1.54) is 12.7 Å². The molecule has 0 saturated carbocycles. The molecular formula is C14H11N5O.